The summed E-state index contributed by atoms with van der Waals surface area (Å²) in [4.78, 5) is 24.0. The van der Waals surface area contributed by atoms with Crippen molar-refractivity contribution in [3.8, 4) is 0 Å². The summed E-state index contributed by atoms with van der Waals surface area (Å²) >= 11 is 3.15. The molecular weight excluding hydrogens is 440 g/mol. The van der Waals surface area contributed by atoms with Crippen LogP contribution in [0.15, 0.2) is 40.5 Å². The SMILES string of the molecule is C[C@H]1CCc2c(sc3ncnc(S[C@@H](C)C(=O)Nc4ccc(S(N)(=O)=O)cc4)c23)C1. The van der Waals surface area contributed by atoms with Crippen LogP contribution in [0, 0.1) is 5.92 Å². The van der Waals surface area contributed by atoms with Gasteiger partial charge in [0, 0.05) is 16.0 Å². The van der Waals surface area contributed by atoms with Crippen LogP contribution < -0.4 is 10.5 Å². The summed E-state index contributed by atoms with van der Waals surface area (Å²) in [6.45, 7) is 4.10. The highest BCUT2D eigenvalue weighted by atomic mass is 32.2. The fourth-order valence-electron chi connectivity index (χ4n) is 3.53. The number of amides is 1. The monoisotopic (exact) mass is 462 g/mol. The van der Waals surface area contributed by atoms with E-state index in [-0.39, 0.29) is 16.1 Å². The zero-order chi connectivity index (χ0) is 21.5. The summed E-state index contributed by atoms with van der Waals surface area (Å²) in [6, 6.07) is 5.79. The second-order valence-electron chi connectivity index (χ2n) is 7.53. The van der Waals surface area contributed by atoms with Crippen LogP contribution in [0.1, 0.15) is 30.7 Å². The third-order valence-electron chi connectivity index (χ3n) is 5.16. The molecule has 3 N–H and O–H groups in total. The Balaban J connectivity index is 1.52. The van der Waals surface area contributed by atoms with Crippen molar-refractivity contribution in [3.05, 3.63) is 41.0 Å². The lowest BCUT2D eigenvalue weighted by Gasteiger charge is -2.18. The summed E-state index contributed by atoms with van der Waals surface area (Å²) < 4.78 is 22.7. The topological polar surface area (TPSA) is 115 Å². The van der Waals surface area contributed by atoms with Crippen LogP contribution in [0.5, 0.6) is 0 Å². The number of carbonyl (C=O) groups is 1. The van der Waals surface area contributed by atoms with Gasteiger partial charge in [-0.15, -0.1) is 11.3 Å². The van der Waals surface area contributed by atoms with E-state index >= 15 is 0 Å². The number of thioether (sulfide) groups is 1. The summed E-state index contributed by atoms with van der Waals surface area (Å²) in [5.74, 6) is 0.493. The molecule has 2 aromatic heterocycles. The third-order valence-corrected chi connectivity index (χ3v) is 8.36. The Bertz CT molecular complexity index is 1210. The number of hydrogen-bond donors (Lipinski definition) is 2. The second kappa shape index (κ2) is 8.26. The van der Waals surface area contributed by atoms with Crippen LogP contribution in [0.2, 0.25) is 0 Å². The molecule has 0 unspecified atom stereocenters. The van der Waals surface area contributed by atoms with Crippen LogP contribution in [-0.2, 0) is 27.7 Å². The first-order valence-electron chi connectivity index (χ1n) is 9.58. The van der Waals surface area contributed by atoms with E-state index in [4.69, 9.17) is 5.14 Å². The first kappa shape index (κ1) is 21.2. The van der Waals surface area contributed by atoms with Crippen molar-refractivity contribution >= 4 is 54.9 Å². The number of fused-ring (bicyclic) bond motifs is 3. The molecule has 158 valence electrons. The van der Waals surface area contributed by atoms with E-state index in [0.29, 0.717) is 11.6 Å². The number of anilines is 1. The van der Waals surface area contributed by atoms with Crippen molar-refractivity contribution in [1.82, 2.24) is 9.97 Å². The van der Waals surface area contributed by atoms with Crippen LogP contribution in [0.25, 0.3) is 10.2 Å². The molecule has 0 spiro atoms. The first-order valence-corrected chi connectivity index (χ1v) is 12.8. The first-order chi connectivity index (χ1) is 14.2. The summed E-state index contributed by atoms with van der Waals surface area (Å²) in [7, 11) is -3.76. The predicted octanol–water partition coefficient (Wildman–Crippen LogP) is 3.58. The van der Waals surface area contributed by atoms with E-state index in [1.165, 1.54) is 46.5 Å². The minimum atomic E-state index is -3.76. The van der Waals surface area contributed by atoms with Gasteiger partial charge in [0.15, 0.2) is 0 Å². The maximum absolute atomic E-state index is 12.7. The van der Waals surface area contributed by atoms with Crippen molar-refractivity contribution in [2.45, 2.75) is 48.3 Å². The van der Waals surface area contributed by atoms with E-state index in [1.807, 2.05) is 6.92 Å². The fraction of sp³-hybridized carbons (Fsp3) is 0.350. The molecule has 30 heavy (non-hydrogen) atoms. The minimum absolute atomic E-state index is 0.00264. The maximum Gasteiger partial charge on any atom is 0.238 e. The van der Waals surface area contributed by atoms with Crippen molar-refractivity contribution in [3.63, 3.8) is 0 Å². The number of aryl methyl sites for hydroxylation is 1. The number of thiophene rings is 1. The molecule has 0 bridgehead atoms. The Hall–Kier alpha value is -2.01. The fourth-order valence-corrected chi connectivity index (χ4v) is 6.41. The highest BCUT2D eigenvalue weighted by molar-refractivity contribution is 8.00. The van der Waals surface area contributed by atoms with Crippen LogP contribution in [0.4, 0.5) is 5.69 Å². The smallest absolute Gasteiger partial charge is 0.238 e. The van der Waals surface area contributed by atoms with Gasteiger partial charge in [-0.2, -0.15) is 0 Å². The molecule has 1 amide bonds. The van der Waals surface area contributed by atoms with Gasteiger partial charge in [0.25, 0.3) is 0 Å². The van der Waals surface area contributed by atoms with Gasteiger partial charge in [0.1, 0.15) is 16.2 Å². The Morgan fingerprint density at radius 1 is 1.30 bits per heavy atom. The Kier molecular flexibility index (Phi) is 5.84. The highest BCUT2D eigenvalue weighted by Crippen LogP contribution is 2.41. The van der Waals surface area contributed by atoms with Gasteiger partial charge >= 0.3 is 0 Å². The average molecular weight is 463 g/mol. The molecule has 4 rings (SSSR count). The van der Waals surface area contributed by atoms with Gasteiger partial charge in [-0.25, -0.2) is 23.5 Å². The zero-order valence-corrected chi connectivity index (χ0v) is 19.0. The Morgan fingerprint density at radius 3 is 2.73 bits per heavy atom. The van der Waals surface area contributed by atoms with E-state index in [2.05, 4.69) is 22.2 Å². The van der Waals surface area contributed by atoms with Crippen LogP contribution >= 0.6 is 23.1 Å². The lowest BCUT2D eigenvalue weighted by molar-refractivity contribution is -0.115. The number of primary sulfonamides is 1. The molecule has 0 saturated carbocycles. The molecule has 3 aromatic rings. The lowest BCUT2D eigenvalue weighted by Crippen LogP contribution is -2.22. The quantitative estimate of drug-likeness (QED) is 0.442. The number of carbonyl (C=O) groups excluding carboxylic acids is 1. The Labute approximate surface area is 183 Å². The van der Waals surface area contributed by atoms with Gasteiger partial charge in [-0.3, -0.25) is 4.79 Å². The van der Waals surface area contributed by atoms with E-state index in [0.717, 1.165) is 34.5 Å². The molecule has 0 saturated heterocycles. The normalized spacial score (nSPS) is 17.5. The summed E-state index contributed by atoms with van der Waals surface area (Å²) in [5.41, 5.74) is 1.84. The molecule has 2 atom stereocenters. The Morgan fingerprint density at radius 2 is 2.03 bits per heavy atom. The number of nitrogens with zero attached hydrogens (tertiary/aromatic N) is 2. The van der Waals surface area contributed by atoms with E-state index < -0.39 is 10.0 Å². The van der Waals surface area contributed by atoms with Crippen LogP contribution in [0.3, 0.4) is 0 Å². The summed E-state index contributed by atoms with van der Waals surface area (Å²) in [6.07, 6.45) is 4.81. The van der Waals surface area contributed by atoms with Gasteiger partial charge < -0.3 is 5.32 Å². The molecule has 10 heteroatoms. The molecule has 1 aliphatic rings. The molecule has 0 aliphatic heterocycles. The molecular formula is C20H22N4O3S3. The molecule has 0 radical (unpaired) electrons. The predicted molar refractivity (Wildman–Crippen MR) is 120 cm³/mol. The number of nitrogens with two attached hydrogens (primary N) is 1. The van der Waals surface area contributed by atoms with Gasteiger partial charge in [-0.05, 0) is 61.9 Å². The van der Waals surface area contributed by atoms with Crippen molar-refractivity contribution in [2.75, 3.05) is 5.32 Å². The van der Waals surface area contributed by atoms with Crippen molar-refractivity contribution in [1.29, 1.82) is 0 Å². The number of hydrogen-bond acceptors (Lipinski definition) is 7. The number of nitrogens with one attached hydrogen (secondary N) is 1. The maximum atomic E-state index is 12.7. The molecule has 1 aliphatic carbocycles. The van der Waals surface area contributed by atoms with E-state index in [1.54, 1.807) is 17.7 Å². The average Bonchev–Trinajstić information content (AvgIpc) is 3.06. The molecule has 7 nitrogen and oxygen atoms in total. The number of aromatic nitrogens is 2. The van der Waals surface area contributed by atoms with Gasteiger partial charge in [0.2, 0.25) is 15.9 Å². The minimum Gasteiger partial charge on any atom is -0.325 e. The molecule has 2 heterocycles. The molecule has 0 fully saturated rings. The lowest BCUT2D eigenvalue weighted by atomic mass is 9.89. The second-order valence-corrected chi connectivity index (χ2v) is 11.5. The number of rotatable bonds is 5. The van der Waals surface area contributed by atoms with Crippen LogP contribution in [-0.4, -0.2) is 29.5 Å². The van der Waals surface area contributed by atoms with E-state index in [9.17, 15) is 13.2 Å². The van der Waals surface area contributed by atoms with Crippen molar-refractivity contribution < 1.29 is 13.2 Å². The third kappa shape index (κ3) is 4.36. The van der Waals surface area contributed by atoms with Gasteiger partial charge in [0.05, 0.1) is 10.1 Å². The molecule has 1 aromatic carbocycles. The summed E-state index contributed by atoms with van der Waals surface area (Å²) in [5, 5.41) is 9.45. The van der Waals surface area contributed by atoms with Gasteiger partial charge in [-0.1, -0.05) is 18.7 Å². The number of benzene rings is 1. The highest BCUT2D eigenvalue weighted by Gasteiger charge is 2.25. The zero-order valence-electron chi connectivity index (χ0n) is 16.6. The van der Waals surface area contributed by atoms with Crippen molar-refractivity contribution in [2.24, 2.45) is 11.1 Å². The standard InChI is InChI=1S/C20H22N4O3S3/c1-11-3-8-15-16(9-11)29-20-17(15)19(22-10-23-20)28-12(2)18(25)24-13-4-6-14(7-5-13)30(21,26)27/h4-7,10-12H,3,8-9H2,1-2H3,(H,24,25)(H2,21,26,27)/t11-,12-/m0/s1. The largest absolute Gasteiger partial charge is 0.325 e. The number of sulfonamides is 1.